The number of hydrogen-bond donors (Lipinski definition) is 2. The van der Waals surface area contributed by atoms with Gasteiger partial charge in [0.2, 0.25) is 5.13 Å². The van der Waals surface area contributed by atoms with Gasteiger partial charge in [0.15, 0.2) is 5.01 Å². The molecule has 0 bridgehead atoms. The van der Waals surface area contributed by atoms with Crippen molar-refractivity contribution in [2.24, 2.45) is 0 Å². The molecule has 5 nitrogen and oxygen atoms in total. The molecule has 0 aliphatic rings. The number of hydrogen-bond acceptors (Lipinski definition) is 4. The van der Waals surface area contributed by atoms with Gasteiger partial charge in [-0.05, 0) is 24.6 Å². The molecule has 2 rings (SSSR count). The minimum atomic E-state index is -2.78. The lowest BCUT2D eigenvalue weighted by Gasteiger charge is -2.18. The van der Waals surface area contributed by atoms with Gasteiger partial charge in [-0.1, -0.05) is 18.3 Å². The van der Waals surface area contributed by atoms with E-state index in [1.807, 2.05) is 0 Å². The van der Waals surface area contributed by atoms with Crippen molar-refractivity contribution < 1.29 is 22.4 Å². The Hall–Kier alpha value is -2.23. The zero-order chi connectivity index (χ0) is 17.0. The van der Waals surface area contributed by atoms with Crippen LogP contribution in [0.1, 0.15) is 36.4 Å². The molecular weight excluding hydrogens is 336 g/mol. The molecule has 2 amide bonds. The van der Waals surface area contributed by atoms with Crippen LogP contribution in [0.4, 0.5) is 27.5 Å². The molecule has 23 heavy (non-hydrogen) atoms. The van der Waals surface area contributed by atoms with Crippen molar-refractivity contribution in [2.45, 2.75) is 25.8 Å². The van der Waals surface area contributed by atoms with Crippen molar-refractivity contribution >= 4 is 22.5 Å². The molecule has 0 aliphatic carbocycles. The molecule has 2 N–H and O–H groups in total. The van der Waals surface area contributed by atoms with Gasteiger partial charge in [-0.2, -0.15) is 0 Å². The van der Waals surface area contributed by atoms with Crippen LogP contribution >= 0.6 is 11.3 Å². The quantitative estimate of drug-likeness (QED) is 0.802. The van der Waals surface area contributed by atoms with Crippen molar-refractivity contribution in [3.63, 3.8) is 0 Å². The molecule has 1 aromatic heterocycles. The van der Waals surface area contributed by atoms with Crippen molar-refractivity contribution in [3.05, 3.63) is 40.4 Å². The number of urea groups is 1. The number of halogens is 4. The van der Waals surface area contributed by atoms with Crippen LogP contribution in [-0.2, 0) is 0 Å². The van der Waals surface area contributed by atoms with Crippen LogP contribution in [0, 0.1) is 11.6 Å². The predicted molar refractivity (Wildman–Crippen MR) is 76.4 cm³/mol. The molecule has 0 spiro atoms. The Morgan fingerprint density at radius 3 is 2.65 bits per heavy atom. The highest BCUT2D eigenvalue weighted by atomic mass is 32.1. The van der Waals surface area contributed by atoms with Crippen LogP contribution in [0.5, 0.6) is 0 Å². The van der Waals surface area contributed by atoms with E-state index in [9.17, 15) is 22.4 Å². The predicted octanol–water partition coefficient (Wildman–Crippen LogP) is 4.03. The van der Waals surface area contributed by atoms with Crippen molar-refractivity contribution in [3.8, 4) is 0 Å². The van der Waals surface area contributed by atoms with Gasteiger partial charge in [-0.15, -0.1) is 10.2 Å². The van der Waals surface area contributed by atoms with Crippen molar-refractivity contribution in [1.29, 1.82) is 0 Å². The maximum absolute atomic E-state index is 13.7. The average molecular weight is 348 g/mol. The number of carbonyl (C=O) groups is 1. The van der Waals surface area contributed by atoms with Gasteiger partial charge in [-0.3, -0.25) is 5.32 Å². The first-order valence-corrected chi connectivity index (χ1v) is 7.36. The number of aromatic nitrogens is 2. The van der Waals surface area contributed by atoms with Gasteiger partial charge in [0.1, 0.15) is 11.6 Å². The van der Waals surface area contributed by atoms with E-state index in [4.69, 9.17) is 0 Å². The zero-order valence-electron chi connectivity index (χ0n) is 11.8. The van der Waals surface area contributed by atoms with E-state index >= 15 is 0 Å². The third-order valence-corrected chi connectivity index (χ3v) is 3.74. The monoisotopic (exact) mass is 348 g/mol. The summed E-state index contributed by atoms with van der Waals surface area (Å²) in [5, 5.41) is 10.6. The second kappa shape index (κ2) is 7.36. The molecule has 1 heterocycles. The van der Waals surface area contributed by atoms with Crippen LogP contribution in [0.3, 0.4) is 0 Å². The lowest BCUT2D eigenvalue weighted by Crippen LogP contribution is -2.32. The molecule has 0 saturated carbocycles. The fraction of sp³-hybridized carbons (Fsp3) is 0.308. The lowest BCUT2D eigenvalue weighted by atomic mass is 10.0. The second-order valence-corrected chi connectivity index (χ2v) is 5.48. The van der Waals surface area contributed by atoms with Gasteiger partial charge < -0.3 is 5.32 Å². The van der Waals surface area contributed by atoms with Crippen molar-refractivity contribution in [1.82, 2.24) is 15.5 Å². The van der Waals surface area contributed by atoms with Crippen LogP contribution in [0.15, 0.2) is 18.2 Å². The zero-order valence-corrected chi connectivity index (χ0v) is 12.6. The Balaban J connectivity index is 2.06. The van der Waals surface area contributed by atoms with E-state index in [1.165, 1.54) is 0 Å². The van der Waals surface area contributed by atoms with Crippen molar-refractivity contribution in [2.75, 3.05) is 5.32 Å². The Bertz CT molecular complexity index is 694. The minimum Gasteiger partial charge on any atom is -0.331 e. The first kappa shape index (κ1) is 17.1. The van der Waals surface area contributed by atoms with E-state index in [0.717, 1.165) is 18.2 Å². The van der Waals surface area contributed by atoms with Gasteiger partial charge in [0.05, 0.1) is 6.04 Å². The van der Waals surface area contributed by atoms with Gasteiger partial charge in [0.25, 0.3) is 6.43 Å². The summed E-state index contributed by atoms with van der Waals surface area (Å²) >= 11 is 0.527. The maximum Gasteiger partial charge on any atom is 0.321 e. The number of anilines is 1. The number of alkyl halides is 2. The Labute approximate surface area is 132 Å². The molecule has 0 unspecified atom stereocenters. The van der Waals surface area contributed by atoms with E-state index in [2.05, 4.69) is 20.8 Å². The van der Waals surface area contributed by atoms with Crippen LogP contribution in [-0.4, -0.2) is 16.2 Å². The number of carbonyl (C=O) groups excluding carboxylic acids is 1. The molecule has 0 saturated heterocycles. The number of nitrogens with one attached hydrogen (secondary N) is 2. The molecular formula is C13H12F4N4OS. The summed E-state index contributed by atoms with van der Waals surface area (Å²) in [6.07, 6.45) is -2.48. The minimum absolute atomic E-state index is 0.00631. The normalized spacial score (nSPS) is 12.3. The fourth-order valence-electron chi connectivity index (χ4n) is 1.85. The number of amides is 2. The summed E-state index contributed by atoms with van der Waals surface area (Å²) in [6, 6.07) is 1.36. The van der Waals surface area contributed by atoms with Crippen LogP contribution < -0.4 is 10.6 Å². The van der Waals surface area contributed by atoms with E-state index in [1.54, 1.807) is 6.92 Å². The third-order valence-electron chi connectivity index (χ3n) is 2.89. The highest BCUT2D eigenvalue weighted by molar-refractivity contribution is 7.15. The first-order valence-electron chi connectivity index (χ1n) is 6.54. The first-order chi connectivity index (χ1) is 10.9. The standard InChI is InChI=1S/C13H12F4N4OS/c1-2-9(7-5-6(14)3-4-8(7)15)18-12(22)19-13-21-20-11(23-13)10(16)17/h3-5,9-10H,2H2,1H3,(H2,18,19,21,22)/t9-/m1/s1. The molecule has 10 heteroatoms. The Morgan fingerprint density at radius 1 is 1.30 bits per heavy atom. The molecule has 1 atom stereocenters. The van der Waals surface area contributed by atoms with Crippen LogP contribution in [0.25, 0.3) is 0 Å². The molecule has 1 aromatic carbocycles. The molecule has 0 radical (unpaired) electrons. The summed E-state index contributed by atoms with van der Waals surface area (Å²) in [5.74, 6) is -1.29. The van der Waals surface area contributed by atoms with Gasteiger partial charge >= 0.3 is 6.03 Å². The smallest absolute Gasteiger partial charge is 0.321 e. The Morgan fingerprint density at radius 2 is 2.04 bits per heavy atom. The maximum atomic E-state index is 13.7. The summed E-state index contributed by atoms with van der Waals surface area (Å²) < 4.78 is 51.7. The number of rotatable bonds is 5. The summed E-state index contributed by atoms with van der Waals surface area (Å²) in [5.41, 5.74) is -0.00631. The van der Waals surface area contributed by atoms with E-state index < -0.39 is 35.1 Å². The number of benzene rings is 1. The largest absolute Gasteiger partial charge is 0.331 e. The fourth-order valence-corrected chi connectivity index (χ4v) is 2.44. The summed E-state index contributed by atoms with van der Waals surface area (Å²) in [6.45, 7) is 1.68. The number of nitrogens with zero attached hydrogens (tertiary/aromatic N) is 2. The van der Waals surface area contributed by atoms with Gasteiger partial charge in [-0.25, -0.2) is 22.4 Å². The lowest BCUT2D eigenvalue weighted by molar-refractivity contribution is 0.150. The highest BCUT2D eigenvalue weighted by Gasteiger charge is 2.19. The summed E-state index contributed by atoms with van der Waals surface area (Å²) in [4.78, 5) is 11.8. The molecule has 2 aromatic rings. The second-order valence-electron chi connectivity index (χ2n) is 4.47. The molecule has 0 fully saturated rings. The molecule has 124 valence electrons. The van der Waals surface area contributed by atoms with Crippen LogP contribution in [0.2, 0.25) is 0 Å². The Kier molecular flexibility index (Phi) is 5.48. The topological polar surface area (TPSA) is 66.9 Å². The average Bonchev–Trinajstić information content (AvgIpc) is 2.96. The SMILES string of the molecule is CC[C@@H](NC(=O)Nc1nnc(C(F)F)s1)c1cc(F)ccc1F. The van der Waals surface area contributed by atoms with E-state index in [0.29, 0.717) is 17.8 Å². The van der Waals surface area contributed by atoms with E-state index in [-0.39, 0.29) is 10.7 Å². The third kappa shape index (κ3) is 4.38. The molecule has 0 aliphatic heterocycles. The summed E-state index contributed by atoms with van der Waals surface area (Å²) in [7, 11) is 0. The highest BCUT2D eigenvalue weighted by Crippen LogP contribution is 2.25. The van der Waals surface area contributed by atoms with Gasteiger partial charge in [0, 0.05) is 5.56 Å².